The van der Waals surface area contributed by atoms with Crippen molar-refractivity contribution in [2.45, 2.75) is 155 Å². The van der Waals surface area contributed by atoms with Crippen molar-refractivity contribution in [3.8, 4) is 0 Å². The smallest absolute Gasteiger partial charge is 0.338 e. The van der Waals surface area contributed by atoms with E-state index in [1.54, 1.807) is 36.4 Å². The molecule has 0 aliphatic heterocycles. The Balaban J connectivity index is 1.68. The molecule has 0 saturated heterocycles. The maximum atomic E-state index is 12.7. The molecule has 6 nitrogen and oxygen atoms in total. The van der Waals surface area contributed by atoms with Crippen LogP contribution in [0.5, 0.6) is 0 Å². The second kappa shape index (κ2) is 26.5. The molecule has 47 heavy (non-hydrogen) atoms. The van der Waals surface area contributed by atoms with Crippen LogP contribution in [0.2, 0.25) is 10.0 Å². The number of carbonyl (C=O) groups is 2. The lowest BCUT2D eigenvalue weighted by molar-refractivity contribution is -0.116. The van der Waals surface area contributed by atoms with E-state index in [0.29, 0.717) is 45.7 Å². The van der Waals surface area contributed by atoms with E-state index in [0.717, 1.165) is 25.7 Å². The van der Waals surface area contributed by atoms with Gasteiger partial charge in [-0.15, -0.1) is 0 Å². The van der Waals surface area contributed by atoms with Crippen LogP contribution >= 0.6 is 23.2 Å². The summed E-state index contributed by atoms with van der Waals surface area (Å²) in [7, 11) is 0. The molecule has 2 aromatic carbocycles. The fourth-order valence-electron chi connectivity index (χ4n) is 5.59. The lowest BCUT2D eigenvalue weighted by Gasteiger charge is -2.15. The molecule has 3 N–H and O–H groups in total. The van der Waals surface area contributed by atoms with Crippen molar-refractivity contribution in [3.63, 3.8) is 0 Å². The Morgan fingerprint density at radius 2 is 1.02 bits per heavy atom. The minimum Gasteiger partial charge on any atom is -0.462 e. The van der Waals surface area contributed by atoms with Crippen LogP contribution in [-0.2, 0) is 9.53 Å². The topological polar surface area (TPSA) is 79.5 Å². The van der Waals surface area contributed by atoms with Crippen molar-refractivity contribution in [3.05, 3.63) is 52.0 Å². The Morgan fingerprint density at radius 1 is 0.574 bits per heavy atom. The number of nitrogens with one attached hydrogen (secondary N) is 3. The third kappa shape index (κ3) is 19.2. The molecular formula is C39H61Cl2N3O3. The fraction of sp³-hybridized carbons (Fsp3) is 0.641. The molecule has 0 bridgehead atoms. The molecule has 0 fully saturated rings. The van der Waals surface area contributed by atoms with Gasteiger partial charge in [0, 0.05) is 12.1 Å². The summed E-state index contributed by atoms with van der Waals surface area (Å²) in [4.78, 5) is 25.2. The Labute approximate surface area is 295 Å². The molecule has 0 spiro atoms. The van der Waals surface area contributed by atoms with E-state index in [1.165, 1.54) is 109 Å². The van der Waals surface area contributed by atoms with Crippen molar-refractivity contribution < 1.29 is 14.3 Å². The predicted octanol–water partition coefficient (Wildman–Crippen LogP) is 13.1. The lowest BCUT2D eigenvalue weighted by Crippen LogP contribution is -2.13. The number of amides is 1. The highest BCUT2D eigenvalue weighted by Crippen LogP contribution is 2.28. The van der Waals surface area contributed by atoms with Gasteiger partial charge in [0.1, 0.15) is 0 Å². The average molecular weight is 691 g/mol. The lowest BCUT2D eigenvalue weighted by atomic mass is 10.1. The molecule has 2 rings (SSSR count). The third-order valence-corrected chi connectivity index (χ3v) is 9.18. The van der Waals surface area contributed by atoms with Gasteiger partial charge in [-0.2, -0.15) is 0 Å². The van der Waals surface area contributed by atoms with Gasteiger partial charge in [0.15, 0.2) is 0 Å². The molecule has 8 heteroatoms. The minimum absolute atomic E-state index is 0.00535. The Hall–Kier alpha value is -2.44. The normalized spacial score (nSPS) is 11.0. The number of esters is 1. The maximum Gasteiger partial charge on any atom is 0.338 e. The van der Waals surface area contributed by atoms with Gasteiger partial charge in [0.05, 0.1) is 33.6 Å². The number of carbonyl (C=O) groups excluding carboxylic acids is 2. The van der Waals surface area contributed by atoms with Gasteiger partial charge in [0.2, 0.25) is 5.91 Å². The fourth-order valence-corrected chi connectivity index (χ4v) is 5.92. The first-order valence-electron chi connectivity index (χ1n) is 18.5. The average Bonchev–Trinajstić information content (AvgIpc) is 3.06. The van der Waals surface area contributed by atoms with Crippen LogP contribution in [0.15, 0.2) is 36.4 Å². The number of rotatable bonds is 28. The van der Waals surface area contributed by atoms with Crippen LogP contribution in [0.25, 0.3) is 0 Å². The zero-order chi connectivity index (χ0) is 34.0. The summed E-state index contributed by atoms with van der Waals surface area (Å²) in [5.74, 6) is -0.379. The number of hydrogen-bond acceptors (Lipinski definition) is 5. The number of unbranched alkanes of at least 4 members (excludes halogenated alkanes) is 19. The highest BCUT2D eigenvalue weighted by atomic mass is 35.5. The highest BCUT2D eigenvalue weighted by Gasteiger charge is 2.12. The second-order valence-electron chi connectivity index (χ2n) is 12.8. The van der Waals surface area contributed by atoms with Crippen molar-refractivity contribution in [1.82, 2.24) is 0 Å². The largest absolute Gasteiger partial charge is 0.462 e. The van der Waals surface area contributed by atoms with Crippen LogP contribution in [0, 0.1) is 0 Å². The summed E-state index contributed by atoms with van der Waals surface area (Å²) in [6, 6.07) is 10.3. The van der Waals surface area contributed by atoms with E-state index in [4.69, 9.17) is 27.9 Å². The van der Waals surface area contributed by atoms with Crippen LogP contribution in [0.1, 0.15) is 165 Å². The standard InChI is InChI=1S/C39H61Cl2N3O3/c1-3-5-7-9-11-13-15-16-18-20-22-24-38(45)42-33-26-28-35(41)37(31-33)44-43-36-30-32(25-27-34(36)40)39(46)47-29-23-21-19-17-14-12-10-8-6-4-2/h25-28,30-31,43-44H,3-24,29H2,1-2H3,(H,42,45). The summed E-state index contributed by atoms with van der Waals surface area (Å²) in [5.41, 5.74) is 8.27. The first-order valence-corrected chi connectivity index (χ1v) is 19.3. The minimum atomic E-state index is -0.374. The molecule has 264 valence electrons. The second-order valence-corrected chi connectivity index (χ2v) is 13.6. The van der Waals surface area contributed by atoms with Crippen LogP contribution in [0.4, 0.5) is 17.1 Å². The number of hydrogen-bond donors (Lipinski definition) is 3. The SMILES string of the molecule is CCCCCCCCCCCCCC(=O)Nc1ccc(Cl)c(NNc2cc(C(=O)OCCCCCCCCCCCC)ccc2Cl)c1. The molecule has 0 radical (unpaired) electrons. The van der Waals surface area contributed by atoms with Crippen molar-refractivity contribution >= 4 is 52.1 Å². The summed E-state index contributed by atoms with van der Waals surface area (Å²) >= 11 is 12.8. The molecule has 0 heterocycles. The zero-order valence-corrected chi connectivity index (χ0v) is 30.7. The molecule has 0 saturated carbocycles. The van der Waals surface area contributed by atoms with Crippen molar-refractivity contribution in [1.29, 1.82) is 0 Å². The van der Waals surface area contributed by atoms with Crippen molar-refractivity contribution in [2.75, 3.05) is 22.8 Å². The Morgan fingerprint density at radius 3 is 1.55 bits per heavy atom. The van der Waals surface area contributed by atoms with E-state index >= 15 is 0 Å². The van der Waals surface area contributed by atoms with Gasteiger partial charge in [0.25, 0.3) is 0 Å². The van der Waals surface area contributed by atoms with E-state index in [2.05, 4.69) is 30.0 Å². The summed E-state index contributed by atoms with van der Waals surface area (Å²) in [6.07, 6.45) is 26.6. The van der Waals surface area contributed by atoms with Gasteiger partial charge in [-0.05, 0) is 49.2 Å². The number of benzene rings is 2. The van der Waals surface area contributed by atoms with Crippen LogP contribution in [0.3, 0.4) is 0 Å². The van der Waals surface area contributed by atoms with Crippen LogP contribution in [-0.4, -0.2) is 18.5 Å². The van der Waals surface area contributed by atoms with Crippen molar-refractivity contribution in [2.24, 2.45) is 0 Å². The zero-order valence-electron chi connectivity index (χ0n) is 29.2. The summed E-state index contributed by atoms with van der Waals surface area (Å²) in [5, 5.41) is 3.89. The third-order valence-electron chi connectivity index (χ3n) is 8.52. The van der Waals surface area contributed by atoms with E-state index in [1.807, 2.05) is 0 Å². The Bertz CT molecular complexity index is 1140. The molecule has 2 aromatic rings. The van der Waals surface area contributed by atoms with Crippen LogP contribution < -0.4 is 16.2 Å². The molecule has 0 aromatic heterocycles. The number of halogens is 2. The molecule has 0 aliphatic rings. The highest BCUT2D eigenvalue weighted by molar-refractivity contribution is 6.34. The summed E-state index contributed by atoms with van der Waals surface area (Å²) in [6.45, 7) is 4.91. The van der Waals surface area contributed by atoms with Gasteiger partial charge in [-0.3, -0.25) is 15.6 Å². The van der Waals surface area contributed by atoms with Gasteiger partial charge in [-0.25, -0.2) is 4.79 Å². The molecule has 0 atom stereocenters. The van der Waals surface area contributed by atoms with Gasteiger partial charge < -0.3 is 10.1 Å². The number of hydrazine groups is 1. The Kier molecular flexibility index (Phi) is 23.0. The number of anilines is 3. The molecule has 0 unspecified atom stereocenters. The molecule has 1 amide bonds. The van der Waals surface area contributed by atoms with E-state index in [9.17, 15) is 9.59 Å². The van der Waals surface area contributed by atoms with E-state index < -0.39 is 0 Å². The summed E-state index contributed by atoms with van der Waals surface area (Å²) < 4.78 is 5.51. The monoisotopic (exact) mass is 689 g/mol. The van der Waals surface area contributed by atoms with E-state index in [-0.39, 0.29) is 11.9 Å². The first kappa shape index (κ1) is 40.7. The molecule has 0 aliphatic carbocycles. The van der Waals surface area contributed by atoms with Gasteiger partial charge in [-0.1, -0.05) is 159 Å². The quantitative estimate of drug-likeness (QED) is 0.0470. The van der Waals surface area contributed by atoms with Gasteiger partial charge >= 0.3 is 5.97 Å². The first-order chi connectivity index (χ1) is 22.9. The number of ether oxygens (including phenoxy) is 1. The molecular weight excluding hydrogens is 629 g/mol. The predicted molar refractivity (Wildman–Crippen MR) is 202 cm³/mol. The maximum absolute atomic E-state index is 12.7.